The van der Waals surface area contributed by atoms with Crippen LogP contribution in [0.4, 0.5) is 0 Å². The van der Waals surface area contributed by atoms with Gasteiger partial charge in [0.2, 0.25) is 0 Å². The summed E-state index contributed by atoms with van der Waals surface area (Å²) in [4.78, 5) is 24.6. The van der Waals surface area contributed by atoms with Crippen molar-refractivity contribution in [3.63, 3.8) is 0 Å². The Hall–Kier alpha value is -1.00. The molecule has 0 amide bonds. The third-order valence-corrected chi connectivity index (χ3v) is 3.12. The second-order valence-corrected chi connectivity index (χ2v) is 4.66. The first-order valence-electron chi connectivity index (χ1n) is 5.70. The smallest absolute Gasteiger partial charge is 0.316 e. The van der Waals surface area contributed by atoms with Gasteiger partial charge in [-0.25, -0.2) is 0 Å². The predicted octanol–water partition coefficient (Wildman–Crippen LogP) is 3.40. The van der Waals surface area contributed by atoms with Crippen LogP contribution in [-0.2, 0) is 9.53 Å². The topological polar surface area (TPSA) is 43.4 Å². The van der Waals surface area contributed by atoms with Gasteiger partial charge in [0.1, 0.15) is 5.92 Å². The molecule has 0 saturated heterocycles. The number of rotatable bonds is 5. The van der Waals surface area contributed by atoms with Crippen molar-refractivity contribution in [2.24, 2.45) is 5.92 Å². The van der Waals surface area contributed by atoms with E-state index in [2.05, 4.69) is 12.6 Å². The summed E-state index contributed by atoms with van der Waals surface area (Å²) in [6, 6.07) is 4.85. The number of benzene rings is 1. The Morgan fingerprint density at radius 3 is 2.61 bits per heavy atom. The van der Waals surface area contributed by atoms with Crippen LogP contribution in [0.25, 0.3) is 0 Å². The van der Waals surface area contributed by atoms with Crippen LogP contribution in [-0.4, -0.2) is 18.4 Å². The molecular formula is C13H15ClO3S. The van der Waals surface area contributed by atoms with Crippen LogP contribution in [0.15, 0.2) is 23.1 Å². The lowest BCUT2D eigenvalue weighted by atomic mass is 9.95. The Labute approximate surface area is 117 Å². The maximum Gasteiger partial charge on any atom is 0.316 e. The van der Waals surface area contributed by atoms with E-state index in [1.807, 2.05) is 0 Å². The third kappa shape index (κ3) is 3.50. The van der Waals surface area contributed by atoms with E-state index in [9.17, 15) is 9.59 Å². The normalized spacial score (nSPS) is 12.0. The van der Waals surface area contributed by atoms with Gasteiger partial charge >= 0.3 is 5.97 Å². The van der Waals surface area contributed by atoms with Gasteiger partial charge in [0.25, 0.3) is 0 Å². The maximum absolute atomic E-state index is 12.2. The first-order chi connectivity index (χ1) is 8.51. The molecule has 0 aromatic heterocycles. The molecule has 0 spiro atoms. The van der Waals surface area contributed by atoms with Crippen LogP contribution in [0.2, 0.25) is 5.02 Å². The fourth-order valence-corrected chi connectivity index (χ4v) is 2.01. The molecule has 18 heavy (non-hydrogen) atoms. The van der Waals surface area contributed by atoms with Crippen LogP contribution in [0, 0.1) is 5.92 Å². The monoisotopic (exact) mass is 286 g/mol. The summed E-state index contributed by atoms with van der Waals surface area (Å²) in [5, 5.41) is 0.320. The lowest BCUT2D eigenvalue weighted by Gasteiger charge is -2.13. The number of esters is 1. The largest absolute Gasteiger partial charge is 0.465 e. The minimum atomic E-state index is -0.808. The van der Waals surface area contributed by atoms with E-state index in [0.717, 1.165) is 0 Å². The highest BCUT2D eigenvalue weighted by Gasteiger charge is 2.28. The zero-order valence-electron chi connectivity index (χ0n) is 10.3. The Bertz CT molecular complexity index is 460. The van der Waals surface area contributed by atoms with Crippen molar-refractivity contribution in [2.45, 2.75) is 25.2 Å². The molecule has 1 aromatic rings. The van der Waals surface area contributed by atoms with Crippen molar-refractivity contribution >= 4 is 36.0 Å². The lowest BCUT2D eigenvalue weighted by Crippen LogP contribution is -2.26. The van der Waals surface area contributed by atoms with Crippen molar-refractivity contribution in [3.05, 3.63) is 28.8 Å². The molecule has 1 unspecified atom stereocenters. The summed E-state index contributed by atoms with van der Waals surface area (Å²) < 4.78 is 4.89. The third-order valence-electron chi connectivity index (χ3n) is 2.51. The quantitative estimate of drug-likeness (QED) is 0.390. The van der Waals surface area contributed by atoms with Crippen LogP contribution < -0.4 is 0 Å². The van der Waals surface area contributed by atoms with Gasteiger partial charge in [-0.3, -0.25) is 9.59 Å². The molecule has 0 bridgehead atoms. The van der Waals surface area contributed by atoms with Gasteiger partial charge in [0, 0.05) is 10.5 Å². The summed E-state index contributed by atoms with van der Waals surface area (Å²) in [5.74, 6) is -1.64. The molecule has 0 fully saturated rings. The summed E-state index contributed by atoms with van der Waals surface area (Å²) in [5.41, 5.74) is 0.309. The van der Waals surface area contributed by atoms with E-state index in [0.29, 0.717) is 21.9 Å². The van der Waals surface area contributed by atoms with Crippen molar-refractivity contribution in [2.75, 3.05) is 6.61 Å². The number of ether oxygens (including phenoxy) is 1. The highest BCUT2D eigenvalue weighted by atomic mass is 35.5. The average Bonchev–Trinajstić information content (AvgIpc) is 2.33. The van der Waals surface area contributed by atoms with Gasteiger partial charge in [-0.05, 0) is 31.5 Å². The van der Waals surface area contributed by atoms with Crippen LogP contribution >= 0.6 is 24.2 Å². The molecule has 5 heteroatoms. The summed E-state index contributed by atoms with van der Waals surface area (Å²) in [6.07, 6.45) is 0.380. The molecular weight excluding hydrogens is 272 g/mol. The SMILES string of the molecule is CCOC(=O)C(CC)C(=O)c1cc(S)ccc1Cl. The van der Waals surface area contributed by atoms with E-state index in [-0.39, 0.29) is 12.4 Å². The lowest BCUT2D eigenvalue weighted by molar-refractivity contribution is -0.146. The van der Waals surface area contributed by atoms with Crippen molar-refractivity contribution in [3.8, 4) is 0 Å². The van der Waals surface area contributed by atoms with Gasteiger partial charge in [-0.2, -0.15) is 0 Å². The van der Waals surface area contributed by atoms with Gasteiger partial charge in [-0.15, -0.1) is 12.6 Å². The molecule has 0 aliphatic rings. The summed E-state index contributed by atoms with van der Waals surface area (Å²) in [6.45, 7) is 3.72. The molecule has 98 valence electrons. The number of ketones is 1. The minimum Gasteiger partial charge on any atom is -0.465 e. The molecule has 0 aliphatic carbocycles. The second kappa shape index (κ2) is 6.81. The average molecular weight is 287 g/mol. The van der Waals surface area contributed by atoms with E-state index in [1.165, 1.54) is 0 Å². The Morgan fingerprint density at radius 2 is 2.06 bits per heavy atom. The molecule has 0 aliphatic heterocycles. The van der Waals surface area contributed by atoms with E-state index in [4.69, 9.17) is 16.3 Å². The highest BCUT2D eigenvalue weighted by Crippen LogP contribution is 2.24. The van der Waals surface area contributed by atoms with Crippen molar-refractivity contribution in [1.82, 2.24) is 0 Å². The maximum atomic E-state index is 12.2. The van der Waals surface area contributed by atoms with Gasteiger partial charge < -0.3 is 4.74 Å². The van der Waals surface area contributed by atoms with Gasteiger partial charge in [-0.1, -0.05) is 18.5 Å². The Balaban J connectivity index is 3.03. The Kier molecular flexibility index (Phi) is 5.69. The molecule has 0 saturated carbocycles. The first kappa shape index (κ1) is 15.1. The van der Waals surface area contributed by atoms with Crippen LogP contribution in [0.5, 0.6) is 0 Å². The number of carbonyl (C=O) groups is 2. The van der Waals surface area contributed by atoms with Crippen LogP contribution in [0.3, 0.4) is 0 Å². The zero-order valence-corrected chi connectivity index (χ0v) is 11.9. The van der Waals surface area contributed by atoms with Crippen LogP contribution in [0.1, 0.15) is 30.6 Å². The molecule has 1 rings (SSSR count). The second-order valence-electron chi connectivity index (χ2n) is 3.74. The fourth-order valence-electron chi connectivity index (χ4n) is 1.59. The number of hydrogen-bond donors (Lipinski definition) is 1. The number of carbonyl (C=O) groups excluding carboxylic acids is 2. The van der Waals surface area contributed by atoms with Gasteiger partial charge in [0.15, 0.2) is 5.78 Å². The standard InChI is InChI=1S/C13H15ClO3S/c1-3-9(13(16)17-4-2)12(15)10-7-8(18)5-6-11(10)14/h5-7,9,18H,3-4H2,1-2H3. The number of halogens is 1. The predicted molar refractivity (Wildman–Crippen MR) is 73.4 cm³/mol. The van der Waals surface area contributed by atoms with Gasteiger partial charge in [0.05, 0.1) is 11.6 Å². The molecule has 0 heterocycles. The van der Waals surface area contributed by atoms with Crippen molar-refractivity contribution < 1.29 is 14.3 Å². The Morgan fingerprint density at radius 1 is 1.39 bits per heavy atom. The van der Waals surface area contributed by atoms with Crippen molar-refractivity contribution in [1.29, 1.82) is 0 Å². The van der Waals surface area contributed by atoms with E-state index >= 15 is 0 Å². The summed E-state index contributed by atoms with van der Waals surface area (Å²) >= 11 is 10.1. The molecule has 1 aromatic carbocycles. The summed E-state index contributed by atoms with van der Waals surface area (Å²) in [7, 11) is 0. The molecule has 0 N–H and O–H groups in total. The first-order valence-corrected chi connectivity index (χ1v) is 6.53. The number of Topliss-reactive ketones (excluding diaryl/α,β-unsaturated/α-hetero) is 1. The molecule has 0 radical (unpaired) electrons. The molecule has 3 nitrogen and oxygen atoms in total. The zero-order chi connectivity index (χ0) is 13.7. The number of thiol groups is 1. The van der Waals surface area contributed by atoms with E-state index < -0.39 is 11.9 Å². The minimum absolute atomic E-state index is 0.253. The molecule has 1 atom stereocenters. The fraction of sp³-hybridized carbons (Fsp3) is 0.385. The highest BCUT2D eigenvalue weighted by molar-refractivity contribution is 7.80. The van der Waals surface area contributed by atoms with E-state index in [1.54, 1.807) is 32.0 Å². The number of hydrogen-bond acceptors (Lipinski definition) is 4.